The van der Waals surface area contributed by atoms with E-state index in [2.05, 4.69) is 19.2 Å². The summed E-state index contributed by atoms with van der Waals surface area (Å²) < 4.78 is 5.52. The molecule has 1 heterocycles. The van der Waals surface area contributed by atoms with Crippen molar-refractivity contribution in [3.8, 4) is 0 Å². The molecule has 1 fully saturated rings. The second-order valence-corrected chi connectivity index (χ2v) is 5.70. The largest absolute Gasteiger partial charge is 0.381 e. The van der Waals surface area contributed by atoms with E-state index in [9.17, 15) is 0 Å². The molecule has 2 atom stereocenters. The summed E-state index contributed by atoms with van der Waals surface area (Å²) in [5.41, 5.74) is 0. The van der Waals surface area contributed by atoms with Crippen LogP contribution >= 0.6 is 0 Å². The van der Waals surface area contributed by atoms with E-state index in [0.29, 0.717) is 6.04 Å². The zero-order chi connectivity index (χ0) is 13.1. The Hall–Kier alpha value is -0.0800. The Morgan fingerprint density at radius 3 is 2.39 bits per heavy atom. The van der Waals surface area contributed by atoms with Crippen LogP contribution in [0.3, 0.4) is 0 Å². The Labute approximate surface area is 114 Å². The van der Waals surface area contributed by atoms with Gasteiger partial charge in [-0.25, -0.2) is 0 Å². The van der Waals surface area contributed by atoms with Crippen LogP contribution in [0.2, 0.25) is 0 Å². The number of nitrogens with one attached hydrogen (secondary N) is 1. The molecule has 2 unspecified atom stereocenters. The van der Waals surface area contributed by atoms with Gasteiger partial charge >= 0.3 is 0 Å². The highest BCUT2D eigenvalue weighted by Crippen LogP contribution is 2.21. The van der Waals surface area contributed by atoms with Crippen molar-refractivity contribution < 1.29 is 4.74 Å². The van der Waals surface area contributed by atoms with Crippen LogP contribution in [-0.4, -0.2) is 25.8 Å². The van der Waals surface area contributed by atoms with Crippen molar-refractivity contribution in [2.45, 2.75) is 77.7 Å². The summed E-state index contributed by atoms with van der Waals surface area (Å²) in [7, 11) is 0. The molecule has 0 aromatic heterocycles. The lowest BCUT2D eigenvalue weighted by Crippen LogP contribution is -2.36. The van der Waals surface area contributed by atoms with Crippen molar-refractivity contribution in [1.82, 2.24) is 5.32 Å². The van der Waals surface area contributed by atoms with Gasteiger partial charge in [-0.1, -0.05) is 58.8 Å². The molecule has 1 aliphatic rings. The molecule has 0 aromatic carbocycles. The van der Waals surface area contributed by atoms with Gasteiger partial charge in [0.15, 0.2) is 0 Å². The molecule has 108 valence electrons. The molecule has 0 radical (unpaired) electrons. The minimum atomic E-state index is 0.702. The Kier molecular flexibility index (Phi) is 9.59. The second-order valence-electron chi connectivity index (χ2n) is 5.70. The second kappa shape index (κ2) is 10.8. The fraction of sp³-hybridized carbons (Fsp3) is 1.00. The lowest BCUT2D eigenvalue weighted by molar-refractivity contribution is 0.175. The van der Waals surface area contributed by atoms with Gasteiger partial charge in [0.25, 0.3) is 0 Å². The summed E-state index contributed by atoms with van der Waals surface area (Å²) in [6, 6.07) is 0.702. The van der Waals surface area contributed by atoms with E-state index < -0.39 is 0 Å². The molecular weight excluding hydrogens is 222 g/mol. The summed E-state index contributed by atoms with van der Waals surface area (Å²) in [4.78, 5) is 0. The van der Waals surface area contributed by atoms with Gasteiger partial charge in [0, 0.05) is 12.6 Å². The molecule has 1 N–H and O–H groups in total. The normalized spacial score (nSPS) is 21.3. The predicted octanol–water partition coefficient (Wildman–Crippen LogP) is 4.14. The van der Waals surface area contributed by atoms with Gasteiger partial charge in [-0.2, -0.15) is 0 Å². The number of ether oxygens (including phenoxy) is 1. The molecule has 2 nitrogen and oxygen atoms in total. The minimum absolute atomic E-state index is 0.702. The van der Waals surface area contributed by atoms with Gasteiger partial charge in [-0.3, -0.25) is 0 Å². The maximum absolute atomic E-state index is 5.52. The lowest BCUT2D eigenvalue weighted by atomic mass is 9.93. The first-order chi connectivity index (χ1) is 8.88. The maximum atomic E-state index is 5.52. The first-order valence-corrected chi connectivity index (χ1v) is 8.19. The van der Waals surface area contributed by atoms with Gasteiger partial charge in [0.2, 0.25) is 0 Å². The highest BCUT2D eigenvalue weighted by Gasteiger charge is 2.24. The van der Waals surface area contributed by atoms with E-state index in [1.54, 1.807) is 0 Å². The summed E-state index contributed by atoms with van der Waals surface area (Å²) in [6.07, 6.45) is 12.5. The number of hydrogen-bond acceptors (Lipinski definition) is 2. The van der Waals surface area contributed by atoms with Gasteiger partial charge in [0.1, 0.15) is 0 Å². The van der Waals surface area contributed by atoms with E-state index in [1.165, 1.54) is 57.8 Å². The monoisotopic (exact) mass is 255 g/mol. The minimum Gasteiger partial charge on any atom is -0.381 e. The van der Waals surface area contributed by atoms with Gasteiger partial charge in [-0.05, 0) is 25.3 Å². The van der Waals surface area contributed by atoms with Crippen molar-refractivity contribution >= 4 is 0 Å². The molecule has 1 aliphatic heterocycles. The lowest BCUT2D eigenvalue weighted by Gasteiger charge is -2.23. The fourth-order valence-electron chi connectivity index (χ4n) is 2.96. The van der Waals surface area contributed by atoms with Crippen LogP contribution in [0.15, 0.2) is 0 Å². The molecule has 0 amide bonds. The first-order valence-electron chi connectivity index (χ1n) is 8.19. The zero-order valence-corrected chi connectivity index (χ0v) is 12.5. The van der Waals surface area contributed by atoms with Gasteiger partial charge in [-0.15, -0.1) is 0 Å². The van der Waals surface area contributed by atoms with Gasteiger partial charge < -0.3 is 10.1 Å². The average molecular weight is 255 g/mol. The highest BCUT2D eigenvalue weighted by atomic mass is 16.5. The predicted molar refractivity (Wildman–Crippen MR) is 79.0 cm³/mol. The van der Waals surface area contributed by atoms with Crippen LogP contribution in [0.1, 0.15) is 71.6 Å². The maximum Gasteiger partial charge on any atom is 0.0510 e. The van der Waals surface area contributed by atoms with Crippen molar-refractivity contribution in [1.29, 1.82) is 0 Å². The number of hydrogen-bond donors (Lipinski definition) is 1. The third-order valence-corrected chi connectivity index (χ3v) is 4.12. The molecular formula is C16H33NO. The van der Waals surface area contributed by atoms with Crippen LogP contribution in [0.25, 0.3) is 0 Å². The molecule has 1 rings (SSSR count). The van der Waals surface area contributed by atoms with Crippen molar-refractivity contribution in [3.63, 3.8) is 0 Å². The average Bonchev–Trinajstić information content (AvgIpc) is 2.90. The Bertz CT molecular complexity index is 178. The van der Waals surface area contributed by atoms with Gasteiger partial charge in [0.05, 0.1) is 6.61 Å². The van der Waals surface area contributed by atoms with Crippen molar-refractivity contribution in [2.24, 2.45) is 5.92 Å². The Balaban J connectivity index is 2.02. The van der Waals surface area contributed by atoms with Crippen LogP contribution in [0.5, 0.6) is 0 Å². The molecule has 0 aliphatic carbocycles. The van der Waals surface area contributed by atoms with E-state index in [-0.39, 0.29) is 0 Å². The zero-order valence-electron chi connectivity index (χ0n) is 12.5. The highest BCUT2D eigenvalue weighted by molar-refractivity contribution is 4.79. The summed E-state index contributed by atoms with van der Waals surface area (Å²) in [5.74, 6) is 0.769. The molecule has 0 aromatic rings. The quantitative estimate of drug-likeness (QED) is 0.560. The van der Waals surface area contributed by atoms with E-state index in [0.717, 1.165) is 25.7 Å². The smallest absolute Gasteiger partial charge is 0.0510 e. The van der Waals surface area contributed by atoms with Crippen LogP contribution in [-0.2, 0) is 4.74 Å². The molecule has 2 heteroatoms. The van der Waals surface area contributed by atoms with Crippen LogP contribution < -0.4 is 5.32 Å². The summed E-state index contributed by atoms with van der Waals surface area (Å²) in [6.45, 7) is 7.55. The molecule has 18 heavy (non-hydrogen) atoms. The van der Waals surface area contributed by atoms with E-state index in [4.69, 9.17) is 4.74 Å². The summed E-state index contributed by atoms with van der Waals surface area (Å²) in [5, 5.41) is 3.66. The number of unbranched alkanes of at least 4 members (excludes halogenated alkanes) is 6. The fourth-order valence-corrected chi connectivity index (χ4v) is 2.96. The SMILES string of the molecule is CCCCCCCCCC(NCC)C1CCOC1. The molecule has 0 spiro atoms. The van der Waals surface area contributed by atoms with Crippen molar-refractivity contribution in [2.75, 3.05) is 19.8 Å². The van der Waals surface area contributed by atoms with E-state index in [1.807, 2.05) is 0 Å². The third-order valence-electron chi connectivity index (χ3n) is 4.12. The van der Waals surface area contributed by atoms with Crippen LogP contribution in [0, 0.1) is 5.92 Å². The first kappa shape index (κ1) is 16.0. The summed E-state index contributed by atoms with van der Waals surface area (Å²) >= 11 is 0. The van der Waals surface area contributed by atoms with Crippen molar-refractivity contribution in [3.05, 3.63) is 0 Å². The Morgan fingerprint density at radius 1 is 1.06 bits per heavy atom. The molecule has 1 saturated heterocycles. The molecule has 0 saturated carbocycles. The molecule has 0 bridgehead atoms. The number of rotatable bonds is 11. The van der Waals surface area contributed by atoms with E-state index >= 15 is 0 Å². The Morgan fingerprint density at radius 2 is 1.78 bits per heavy atom. The standard InChI is InChI=1S/C16H33NO/c1-3-5-6-7-8-9-10-11-16(17-4-2)15-12-13-18-14-15/h15-17H,3-14H2,1-2H3. The third kappa shape index (κ3) is 6.75. The van der Waals surface area contributed by atoms with Crippen LogP contribution in [0.4, 0.5) is 0 Å². The topological polar surface area (TPSA) is 21.3 Å².